The van der Waals surface area contributed by atoms with Gasteiger partial charge in [-0.2, -0.15) is 26.3 Å². The molecule has 3 nitrogen and oxygen atoms in total. The summed E-state index contributed by atoms with van der Waals surface area (Å²) >= 11 is 0. The van der Waals surface area contributed by atoms with E-state index in [2.05, 4.69) is 0 Å². The summed E-state index contributed by atoms with van der Waals surface area (Å²) in [6.07, 6.45) is -11.6. The van der Waals surface area contributed by atoms with Crippen LogP contribution in [0.2, 0.25) is 0 Å². The van der Waals surface area contributed by atoms with Gasteiger partial charge in [0.2, 0.25) is 0 Å². The van der Waals surface area contributed by atoms with Crippen LogP contribution in [0.25, 0.3) is 0 Å². The van der Waals surface area contributed by atoms with Gasteiger partial charge in [0.25, 0.3) is 0 Å². The minimum Gasteiger partial charge on any atom is -0.396 e. The second kappa shape index (κ2) is 9.18. The smallest absolute Gasteiger partial charge is 0.396 e. The van der Waals surface area contributed by atoms with Gasteiger partial charge in [0.05, 0.1) is 36.5 Å². The van der Waals surface area contributed by atoms with Crippen LogP contribution in [0, 0.1) is 5.92 Å². The molecular formula is C22H22F6O3. The molecule has 1 aliphatic heterocycles. The van der Waals surface area contributed by atoms with Gasteiger partial charge in [0, 0.05) is 18.4 Å². The summed E-state index contributed by atoms with van der Waals surface area (Å²) in [6.45, 7) is 1.58. The van der Waals surface area contributed by atoms with Gasteiger partial charge in [-0.05, 0) is 36.2 Å². The van der Waals surface area contributed by atoms with E-state index >= 15 is 0 Å². The lowest BCUT2D eigenvalue weighted by atomic mass is 9.81. The second-order valence-electron chi connectivity index (χ2n) is 7.57. The van der Waals surface area contributed by atoms with Gasteiger partial charge >= 0.3 is 12.4 Å². The Labute approximate surface area is 175 Å². The number of alkyl halides is 6. The van der Waals surface area contributed by atoms with Gasteiger partial charge in [0.1, 0.15) is 0 Å². The number of aliphatic hydroxyl groups is 1. The van der Waals surface area contributed by atoms with Gasteiger partial charge in [-0.25, -0.2) is 0 Å². The van der Waals surface area contributed by atoms with Crippen LogP contribution >= 0.6 is 0 Å². The monoisotopic (exact) mass is 448 g/mol. The average Bonchev–Trinajstić information content (AvgIpc) is 2.72. The Morgan fingerprint density at radius 2 is 1.55 bits per heavy atom. The first-order valence-corrected chi connectivity index (χ1v) is 9.69. The molecule has 0 radical (unpaired) electrons. The molecule has 2 aromatic carbocycles. The largest absolute Gasteiger partial charge is 0.416 e. The van der Waals surface area contributed by atoms with Crippen LogP contribution < -0.4 is 0 Å². The van der Waals surface area contributed by atoms with Crippen molar-refractivity contribution in [2.45, 2.75) is 37.4 Å². The maximum atomic E-state index is 13.2. The molecule has 1 fully saturated rings. The van der Waals surface area contributed by atoms with Gasteiger partial charge < -0.3 is 14.6 Å². The predicted octanol–water partition coefficient (Wildman–Crippen LogP) is 5.59. The Balaban J connectivity index is 1.92. The summed E-state index contributed by atoms with van der Waals surface area (Å²) in [5.41, 5.74) is -2.16. The van der Waals surface area contributed by atoms with Crippen molar-refractivity contribution < 1.29 is 40.9 Å². The van der Waals surface area contributed by atoms with Gasteiger partial charge in [-0.1, -0.05) is 30.3 Å². The van der Waals surface area contributed by atoms with Gasteiger partial charge in [-0.3, -0.25) is 0 Å². The summed E-state index contributed by atoms with van der Waals surface area (Å²) in [7, 11) is 0. The number of hydrogen-bond donors (Lipinski definition) is 1. The van der Waals surface area contributed by atoms with E-state index < -0.39 is 35.7 Å². The second-order valence-corrected chi connectivity index (χ2v) is 7.57. The molecule has 0 spiro atoms. The molecule has 1 N–H and O–H groups in total. The molecule has 0 saturated carbocycles. The number of hydrogen-bond acceptors (Lipinski definition) is 3. The zero-order chi connectivity index (χ0) is 22.8. The molecule has 1 aliphatic rings. The number of ether oxygens (including phenoxy) is 2. The molecule has 0 bridgehead atoms. The lowest BCUT2D eigenvalue weighted by molar-refractivity contribution is -0.143. The molecule has 31 heavy (non-hydrogen) atoms. The van der Waals surface area contributed by atoms with Crippen LogP contribution in [0.4, 0.5) is 26.3 Å². The van der Waals surface area contributed by atoms with Crippen LogP contribution in [0.5, 0.6) is 0 Å². The summed E-state index contributed by atoms with van der Waals surface area (Å²) in [5.74, 6) is -0.643. The number of rotatable bonds is 5. The van der Waals surface area contributed by atoms with E-state index in [-0.39, 0.29) is 43.3 Å². The fourth-order valence-electron chi connectivity index (χ4n) is 3.85. The fourth-order valence-corrected chi connectivity index (χ4v) is 3.85. The summed E-state index contributed by atoms with van der Waals surface area (Å²) < 4.78 is 90.5. The fraction of sp³-hybridized carbons (Fsp3) is 0.455. The van der Waals surface area contributed by atoms with Crippen molar-refractivity contribution in [1.82, 2.24) is 0 Å². The molecule has 4 atom stereocenters. The topological polar surface area (TPSA) is 38.7 Å². The molecule has 0 amide bonds. The summed E-state index contributed by atoms with van der Waals surface area (Å²) in [6, 6.07) is 10.5. The molecule has 1 heterocycles. The Hall–Kier alpha value is -2.10. The third-order valence-electron chi connectivity index (χ3n) is 5.40. The molecule has 1 saturated heterocycles. The van der Waals surface area contributed by atoms with E-state index in [1.807, 2.05) is 30.3 Å². The molecule has 0 aliphatic carbocycles. The minimum atomic E-state index is -4.93. The van der Waals surface area contributed by atoms with Crippen molar-refractivity contribution in [3.8, 4) is 0 Å². The van der Waals surface area contributed by atoms with Crippen molar-refractivity contribution in [3.63, 3.8) is 0 Å². The maximum Gasteiger partial charge on any atom is 0.416 e. The van der Waals surface area contributed by atoms with Gasteiger partial charge in [0.15, 0.2) is 0 Å². The first-order chi connectivity index (χ1) is 14.5. The Morgan fingerprint density at radius 1 is 0.968 bits per heavy atom. The SMILES string of the molecule is C[C@@H](O[C@@H]1COCC(CO)[C@@H]1c1ccccc1)c1cc(C(F)(F)F)cc(C(F)(F)F)c1. The lowest BCUT2D eigenvalue weighted by Gasteiger charge is -2.39. The van der Waals surface area contributed by atoms with E-state index in [4.69, 9.17) is 9.47 Å². The third kappa shape index (κ3) is 5.58. The Bertz CT molecular complexity index is 834. The molecule has 170 valence electrons. The summed E-state index contributed by atoms with van der Waals surface area (Å²) in [4.78, 5) is 0. The zero-order valence-corrected chi connectivity index (χ0v) is 16.6. The first-order valence-electron chi connectivity index (χ1n) is 9.69. The minimum absolute atomic E-state index is 0.0918. The third-order valence-corrected chi connectivity index (χ3v) is 5.40. The van der Waals surface area contributed by atoms with Crippen LogP contribution in [0.15, 0.2) is 48.5 Å². The van der Waals surface area contributed by atoms with Crippen molar-refractivity contribution in [2.75, 3.05) is 19.8 Å². The van der Waals surface area contributed by atoms with E-state index in [9.17, 15) is 31.4 Å². The lowest BCUT2D eigenvalue weighted by Crippen LogP contribution is -2.41. The molecule has 3 rings (SSSR count). The summed E-state index contributed by atoms with van der Waals surface area (Å²) in [5, 5.41) is 9.76. The molecular weight excluding hydrogens is 426 g/mol. The standard InChI is InChI=1S/C22H22F6O3/c1-13(15-7-17(21(23,24)25)9-18(8-15)22(26,27)28)31-19-12-30-11-16(10-29)20(19)14-5-3-2-4-6-14/h2-9,13,16,19-20,29H,10-12H2,1H3/t13-,16?,19-,20+/m1/s1. The van der Waals surface area contributed by atoms with Crippen LogP contribution in [-0.4, -0.2) is 31.0 Å². The van der Waals surface area contributed by atoms with Crippen molar-refractivity contribution in [3.05, 3.63) is 70.8 Å². The van der Waals surface area contributed by atoms with Crippen LogP contribution in [0.1, 0.15) is 41.2 Å². The highest BCUT2D eigenvalue weighted by Gasteiger charge is 2.39. The highest BCUT2D eigenvalue weighted by molar-refractivity contribution is 5.35. The maximum absolute atomic E-state index is 13.2. The molecule has 1 unspecified atom stereocenters. The average molecular weight is 448 g/mol. The normalized spacial score (nSPS) is 23.5. The molecule has 2 aromatic rings. The highest BCUT2D eigenvalue weighted by atomic mass is 19.4. The van der Waals surface area contributed by atoms with Crippen LogP contribution in [-0.2, 0) is 21.8 Å². The molecule has 9 heteroatoms. The first kappa shape index (κ1) is 23.6. The highest BCUT2D eigenvalue weighted by Crippen LogP contribution is 2.40. The van der Waals surface area contributed by atoms with E-state index in [1.54, 1.807) is 0 Å². The van der Waals surface area contributed by atoms with Crippen LogP contribution in [0.3, 0.4) is 0 Å². The van der Waals surface area contributed by atoms with Gasteiger partial charge in [-0.15, -0.1) is 0 Å². The number of benzene rings is 2. The van der Waals surface area contributed by atoms with Crippen molar-refractivity contribution in [1.29, 1.82) is 0 Å². The number of aliphatic hydroxyl groups excluding tert-OH is 1. The quantitative estimate of drug-likeness (QED) is 0.606. The molecule has 0 aromatic heterocycles. The van der Waals surface area contributed by atoms with E-state index in [0.717, 1.165) is 5.56 Å². The Kier molecular flexibility index (Phi) is 6.98. The predicted molar refractivity (Wildman–Crippen MR) is 100 cm³/mol. The van der Waals surface area contributed by atoms with E-state index in [0.29, 0.717) is 12.1 Å². The van der Waals surface area contributed by atoms with Crippen molar-refractivity contribution >= 4 is 0 Å². The number of halogens is 6. The van der Waals surface area contributed by atoms with Crippen molar-refractivity contribution in [2.24, 2.45) is 5.92 Å². The zero-order valence-electron chi connectivity index (χ0n) is 16.6. The Morgan fingerprint density at radius 3 is 2.06 bits per heavy atom. The van der Waals surface area contributed by atoms with E-state index in [1.165, 1.54) is 6.92 Å².